The molecule has 3 rings (SSSR count). The van der Waals surface area contributed by atoms with Crippen molar-refractivity contribution in [3.8, 4) is 22.6 Å². The van der Waals surface area contributed by atoms with Crippen molar-refractivity contribution in [3.63, 3.8) is 0 Å². The Morgan fingerprint density at radius 1 is 1.06 bits per heavy atom. The number of hydrogen-bond donors (Lipinski definition) is 1. The van der Waals surface area contributed by atoms with Gasteiger partial charge in [-0.1, -0.05) is 30.3 Å². The number of amides is 1. The van der Waals surface area contributed by atoms with Crippen LogP contribution in [-0.4, -0.2) is 40.8 Å². The molecule has 0 unspecified atom stereocenters. The number of carbonyl (C=O) groups is 1. The van der Waals surface area contributed by atoms with Crippen LogP contribution in [0.1, 0.15) is 5.56 Å². The number of nitrogens with zero attached hydrogens (tertiary/aromatic N) is 1. The number of carbonyl (C=O) groups excluding carboxylic acids is 1. The molecule has 1 amide bonds. The van der Waals surface area contributed by atoms with Gasteiger partial charge in [-0.3, -0.25) is 9.10 Å². The van der Waals surface area contributed by atoms with Crippen molar-refractivity contribution < 1.29 is 31.5 Å². The number of halogens is 2. The van der Waals surface area contributed by atoms with Gasteiger partial charge < -0.3 is 14.8 Å². The second-order valence-electron chi connectivity index (χ2n) is 7.42. The second kappa shape index (κ2) is 10.5. The minimum atomic E-state index is -3.75. The molecule has 1 N–H and O–H groups in total. The number of rotatable bonds is 9. The monoisotopic (exact) mass is 490 g/mol. The average molecular weight is 491 g/mol. The zero-order chi connectivity index (χ0) is 24.9. The summed E-state index contributed by atoms with van der Waals surface area (Å²) in [6.07, 6.45) is 1.02. The Labute approximate surface area is 197 Å². The number of hydrogen-bond acceptors (Lipinski definition) is 5. The smallest absolute Gasteiger partial charge is 0.387 e. The SMILES string of the molecule is COc1ccc(-c2cc(NC(=O)CN(c3ccccc3C)S(C)(=O)=O)ccc2OC(F)F)cc1. The van der Waals surface area contributed by atoms with Crippen LogP contribution in [0, 0.1) is 6.92 Å². The Bertz CT molecular complexity index is 1260. The van der Waals surface area contributed by atoms with Crippen molar-refractivity contribution in [2.75, 3.05) is 29.5 Å². The van der Waals surface area contributed by atoms with Gasteiger partial charge in [0.05, 0.1) is 19.1 Å². The Kier molecular flexibility index (Phi) is 7.72. The zero-order valence-corrected chi connectivity index (χ0v) is 19.6. The van der Waals surface area contributed by atoms with Crippen LogP contribution in [0.2, 0.25) is 0 Å². The molecule has 0 saturated heterocycles. The van der Waals surface area contributed by atoms with E-state index in [1.165, 1.54) is 25.3 Å². The third-order valence-corrected chi connectivity index (χ3v) is 6.08. The van der Waals surface area contributed by atoms with Crippen LogP contribution < -0.4 is 19.1 Å². The summed E-state index contributed by atoms with van der Waals surface area (Å²) in [4.78, 5) is 12.8. The molecule has 0 saturated carbocycles. The van der Waals surface area contributed by atoms with Crippen LogP contribution >= 0.6 is 0 Å². The Balaban J connectivity index is 1.89. The van der Waals surface area contributed by atoms with Crippen molar-refractivity contribution in [1.82, 2.24) is 0 Å². The molecule has 7 nitrogen and oxygen atoms in total. The number of methoxy groups -OCH3 is 1. The van der Waals surface area contributed by atoms with Crippen LogP contribution in [-0.2, 0) is 14.8 Å². The maximum atomic E-state index is 12.9. The van der Waals surface area contributed by atoms with E-state index in [4.69, 9.17) is 4.74 Å². The number of nitrogens with one attached hydrogen (secondary N) is 1. The summed E-state index contributed by atoms with van der Waals surface area (Å²) in [6.45, 7) is -1.75. The van der Waals surface area contributed by atoms with E-state index in [0.717, 1.165) is 10.6 Å². The number of aryl methyl sites for hydroxylation is 1. The van der Waals surface area contributed by atoms with Gasteiger partial charge in [0.15, 0.2) is 0 Å². The summed E-state index contributed by atoms with van der Waals surface area (Å²) < 4.78 is 61.3. The molecule has 10 heteroatoms. The molecular weight excluding hydrogens is 466 g/mol. The predicted octanol–water partition coefficient (Wildman–Crippen LogP) is 4.68. The fourth-order valence-electron chi connectivity index (χ4n) is 3.36. The van der Waals surface area contributed by atoms with Crippen LogP contribution in [0.15, 0.2) is 66.7 Å². The second-order valence-corrected chi connectivity index (χ2v) is 9.33. The summed E-state index contributed by atoms with van der Waals surface area (Å²) in [6, 6.07) is 17.7. The van der Waals surface area contributed by atoms with Crippen molar-refractivity contribution in [2.45, 2.75) is 13.5 Å². The van der Waals surface area contributed by atoms with Crippen molar-refractivity contribution in [2.24, 2.45) is 0 Å². The van der Waals surface area contributed by atoms with Gasteiger partial charge >= 0.3 is 6.61 Å². The zero-order valence-electron chi connectivity index (χ0n) is 18.8. The van der Waals surface area contributed by atoms with Gasteiger partial charge in [0.25, 0.3) is 0 Å². The minimum absolute atomic E-state index is 0.0733. The van der Waals surface area contributed by atoms with Gasteiger partial charge in [0.2, 0.25) is 15.9 Å². The molecule has 0 aliphatic rings. The third-order valence-electron chi connectivity index (χ3n) is 4.95. The van der Waals surface area contributed by atoms with E-state index in [2.05, 4.69) is 10.1 Å². The highest BCUT2D eigenvalue weighted by Crippen LogP contribution is 2.34. The quantitative estimate of drug-likeness (QED) is 0.471. The summed E-state index contributed by atoms with van der Waals surface area (Å²) in [7, 11) is -2.24. The molecular formula is C24H24F2N2O5S. The maximum Gasteiger partial charge on any atom is 0.387 e. The molecule has 3 aromatic rings. The van der Waals surface area contributed by atoms with Crippen molar-refractivity contribution >= 4 is 27.3 Å². The number of para-hydroxylation sites is 1. The molecule has 0 aromatic heterocycles. The predicted molar refractivity (Wildman–Crippen MR) is 127 cm³/mol. The molecule has 0 fully saturated rings. The third kappa shape index (κ3) is 6.22. The lowest BCUT2D eigenvalue weighted by molar-refractivity contribution is -0.114. The van der Waals surface area contributed by atoms with E-state index >= 15 is 0 Å². The first-order valence-corrected chi connectivity index (χ1v) is 12.0. The molecule has 0 aliphatic carbocycles. The summed E-state index contributed by atoms with van der Waals surface area (Å²) in [5.74, 6) is -0.0886. The minimum Gasteiger partial charge on any atom is -0.497 e. The Morgan fingerprint density at radius 3 is 2.32 bits per heavy atom. The van der Waals surface area contributed by atoms with Gasteiger partial charge in [-0.05, 0) is 54.4 Å². The lowest BCUT2D eigenvalue weighted by Gasteiger charge is -2.23. The summed E-state index contributed by atoms with van der Waals surface area (Å²) in [5.41, 5.74) is 2.25. The molecule has 34 heavy (non-hydrogen) atoms. The Morgan fingerprint density at radius 2 is 1.74 bits per heavy atom. The van der Waals surface area contributed by atoms with E-state index in [1.807, 2.05) is 0 Å². The first kappa shape index (κ1) is 25.0. The highest BCUT2D eigenvalue weighted by atomic mass is 32.2. The molecule has 0 spiro atoms. The molecule has 0 heterocycles. The van der Waals surface area contributed by atoms with Gasteiger partial charge in [0.1, 0.15) is 18.0 Å². The molecule has 3 aromatic carbocycles. The van der Waals surface area contributed by atoms with E-state index in [1.54, 1.807) is 55.5 Å². The highest BCUT2D eigenvalue weighted by molar-refractivity contribution is 7.92. The van der Waals surface area contributed by atoms with E-state index in [0.29, 0.717) is 28.1 Å². The number of anilines is 2. The Hall–Kier alpha value is -3.66. The van der Waals surface area contributed by atoms with Crippen molar-refractivity contribution in [1.29, 1.82) is 0 Å². The molecule has 0 aliphatic heterocycles. The topological polar surface area (TPSA) is 84.9 Å². The van der Waals surface area contributed by atoms with Gasteiger partial charge in [-0.25, -0.2) is 8.42 Å². The van der Waals surface area contributed by atoms with Crippen molar-refractivity contribution in [3.05, 3.63) is 72.3 Å². The summed E-state index contributed by atoms with van der Waals surface area (Å²) >= 11 is 0. The van der Waals surface area contributed by atoms with E-state index in [-0.39, 0.29) is 11.4 Å². The van der Waals surface area contributed by atoms with Gasteiger partial charge in [-0.2, -0.15) is 8.78 Å². The number of alkyl halides is 2. The van der Waals surface area contributed by atoms with E-state index in [9.17, 15) is 22.0 Å². The normalized spacial score (nSPS) is 11.2. The average Bonchev–Trinajstić information content (AvgIpc) is 2.78. The first-order valence-electron chi connectivity index (χ1n) is 10.1. The van der Waals surface area contributed by atoms with Gasteiger partial charge in [0, 0.05) is 11.3 Å². The first-order chi connectivity index (χ1) is 16.1. The van der Waals surface area contributed by atoms with Crippen LogP contribution in [0.4, 0.5) is 20.2 Å². The number of ether oxygens (including phenoxy) is 2. The summed E-state index contributed by atoms with van der Waals surface area (Å²) in [5, 5.41) is 2.63. The number of sulfonamides is 1. The lowest BCUT2D eigenvalue weighted by atomic mass is 10.0. The largest absolute Gasteiger partial charge is 0.497 e. The number of benzene rings is 3. The molecule has 0 atom stereocenters. The molecule has 180 valence electrons. The lowest BCUT2D eigenvalue weighted by Crippen LogP contribution is -2.37. The van der Waals surface area contributed by atoms with Crippen LogP contribution in [0.3, 0.4) is 0 Å². The van der Waals surface area contributed by atoms with Crippen LogP contribution in [0.5, 0.6) is 11.5 Å². The van der Waals surface area contributed by atoms with Gasteiger partial charge in [-0.15, -0.1) is 0 Å². The maximum absolute atomic E-state index is 12.9. The fourth-order valence-corrected chi connectivity index (χ4v) is 4.27. The molecule has 0 radical (unpaired) electrons. The molecule has 0 bridgehead atoms. The van der Waals surface area contributed by atoms with E-state index < -0.39 is 29.1 Å². The standard InChI is InChI=1S/C24H24F2N2O5S/c1-16-6-4-5-7-21(16)28(34(3,30)31)15-23(29)27-18-10-13-22(33-24(25)26)20(14-18)17-8-11-19(32-2)12-9-17/h4-14,24H,15H2,1-3H3,(H,27,29). The fraction of sp³-hybridized carbons (Fsp3) is 0.208. The van der Waals surface area contributed by atoms with Crippen LogP contribution in [0.25, 0.3) is 11.1 Å². The highest BCUT2D eigenvalue weighted by Gasteiger charge is 2.22.